The Morgan fingerprint density at radius 3 is 2.60 bits per heavy atom. The van der Waals surface area contributed by atoms with Crippen molar-refractivity contribution >= 4 is 27.6 Å². The SMILES string of the molecule is O=C(N[C@@H]1CC[C@@H](O)[C@@H]1O)c1cccc2c(-c3ccc4ncccc4c3)cccc12. The minimum atomic E-state index is -0.925. The maximum atomic E-state index is 13.0. The van der Waals surface area contributed by atoms with E-state index in [0.717, 1.165) is 32.8 Å². The minimum Gasteiger partial charge on any atom is -0.390 e. The number of hydrogen-bond acceptors (Lipinski definition) is 4. The van der Waals surface area contributed by atoms with Crippen LogP contribution in [0.25, 0.3) is 32.8 Å². The summed E-state index contributed by atoms with van der Waals surface area (Å²) in [6, 6.07) is 21.3. The van der Waals surface area contributed by atoms with E-state index in [9.17, 15) is 15.0 Å². The number of aliphatic hydroxyl groups excluding tert-OH is 2. The predicted molar refractivity (Wildman–Crippen MR) is 117 cm³/mol. The quantitative estimate of drug-likeness (QED) is 0.492. The molecule has 0 unspecified atom stereocenters. The second-order valence-electron chi connectivity index (χ2n) is 7.83. The average molecular weight is 398 g/mol. The van der Waals surface area contributed by atoms with Crippen LogP contribution in [0.1, 0.15) is 23.2 Å². The molecule has 0 aliphatic heterocycles. The normalized spacial score (nSPS) is 21.2. The molecular weight excluding hydrogens is 376 g/mol. The number of amides is 1. The summed E-state index contributed by atoms with van der Waals surface area (Å²) in [6.45, 7) is 0. The molecule has 1 saturated carbocycles. The van der Waals surface area contributed by atoms with Gasteiger partial charge >= 0.3 is 0 Å². The summed E-state index contributed by atoms with van der Waals surface area (Å²) >= 11 is 0. The fraction of sp³-hybridized carbons (Fsp3) is 0.200. The molecule has 5 rings (SSSR count). The standard InChI is InChI=1S/C25H22N2O3/c28-23-12-11-22(24(23)29)27-25(30)20-8-2-6-18-17(5-1-7-19(18)20)15-9-10-21-16(14-15)4-3-13-26-21/h1-10,13-14,22-24,28-29H,11-12H2,(H,27,30)/t22-,23-,24-/m1/s1. The summed E-state index contributed by atoms with van der Waals surface area (Å²) in [7, 11) is 0. The second-order valence-corrected chi connectivity index (χ2v) is 7.83. The number of hydrogen-bond donors (Lipinski definition) is 3. The fourth-order valence-corrected chi connectivity index (χ4v) is 4.37. The van der Waals surface area contributed by atoms with E-state index in [-0.39, 0.29) is 5.91 Å². The number of carbonyl (C=O) groups excluding carboxylic acids is 1. The van der Waals surface area contributed by atoms with Gasteiger partial charge in [-0.15, -0.1) is 0 Å². The van der Waals surface area contributed by atoms with Crippen molar-refractivity contribution in [1.29, 1.82) is 0 Å². The molecule has 0 radical (unpaired) electrons. The van der Waals surface area contributed by atoms with Crippen molar-refractivity contribution in [3.63, 3.8) is 0 Å². The number of carbonyl (C=O) groups is 1. The van der Waals surface area contributed by atoms with Crippen molar-refractivity contribution in [2.75, 3.05) is 0 Å². The van der Waals surface area contributed by atoms with E-state index in [1.807, 2.05) is 48.5 Å². The second kappa shape index (κ2) is 7.52. The van der Waals surface area contributed by atoms with E-state index in [4.69, 9.17) is 0 Å². The van der Waals surface area contributed by atoms with E-state index in [0.29, 0.717) is 18.4 Å². The van der Waals surface area contributed by atoms with Crippen LogP contribution >= 0.6 is 0 Å². The van der Waals surface area contributed by atoms with Crippen LogP contribution in [0.15, 0.2) is 72.9 Å². The molecule has 1 heterocycles. The molecule has 3 N–H and O–H groups in total. The van der Waals surface area contributed by atoms with Crippen LogP contribution in [0.4, 0.5) is 0 Å². The van der Waals surface area contributed by atoms with Crippen LogP contribution in [0, 0.1) is 0 Å². The molecule has 1 aliphatic carbocycles. The van der Waals surface area contributed by atoms with Gasteiger partial charge in [-0.2, -0.15) is 0 Å². The van der Waals surface area contributed by atoms with Gasteiger partial charge in [-0.1, -0.05) is 42.5 Å². The molecule has 0 bridgehead atoms. The Morgan fingerprint density at radius 2 is 1.77 bits per heavy atom. The van der Waals surface area contributed by atoms with Crippen molar-refractivity contribution in [3.05, 3.63) is 78.5 Å². The van der Waals surface area contributed by atoms with Crippen LogP contribution < -0.4 is 5.32 Å². The summed E-state index contributed by atoms with van der Waals surface area (Å²) in [5.74, 6) is -0.237. The van der Waals surface area contributed by atoms with Gasteiger partial charge in [-0.05, 0) is 59.0 Å². The first-order valence-corrected chi connectivity index (χ1v) is 10.2. The molecule has 5 nitrogen and oxygen atoms in total. The maximum absolute atomic E-state index is 13.0. The summed E-state index contributed by atoms with van der Waals surface area (Å²) in [6.07, 6.45) is 1.13. The van der Waals surface area contributed by atoms with E-state index in [1.54, 1.807) is 12.3 Å². The zero-order valence-corrected chi connectivity index (χ0v) is 16.3. The maximum Gasteiger partial charge on any atom is 0.252 e. The van der Waals surface area contributed by atoms with Crippen LogP contribution in [0.3, 0.4) is 0 Å². The van der Waals surface area contributed by atoms with Gasteiger partial charge in [0.05, 0.1) is 17.7 Å². The van der Waals surface area contributed by atoms with Crippen molar-refractivity contribution in [2.45, 2.75) is 31.1 Å². The molecule has 1 aromatic heterocycles. The van der Waals surface area contributed by atoms with Gasteiger partial charge < -0.3 is 15.5 Å². The Morgan fingerprint density at radius 1 is 0.933 bits per heavy atom. The summed E-state index contributed by atoms with van der Waals surface area (Å²) in [5.41, 5.74) is 3.61. The first-order valence-electron chi connectivity index (χ1n) is 10.2. The lowest BCUT2D eigenvalue weighted by Crippen LogP contribution is -2.42. The topological polar surface area (TPSA) is 82.5 Å². The zero-order valence-electron chi connectivity index (χ0n) is 16.3. The van der Waals surface area contributed by atoms with Crippen molar-refractivity contribution in [3.8, 4) is 11.1 Å². The van der Waals surface area contributed by atoms with Crippen molar-refractivity contribution in [1.82, 2.24) is 10.3 Å². The molecule has 1 aliphatic rings. The third-order valence-corrected chi connectivity index (χ3v) is 5.98. The number of benzene rings is 3. The van der Waals surface area contributed by atoms with Crippen LogP contribution in [-0.4, -0.2) is 39.4 Å². The number of rotatable bonds is 3. The van der Waals surface area contributed by atoms with Crippen LogP contribution in [0.2, 0.25) is 0 Å². The van der Waals surface area contributed by atoms with E-state index in [2.05, 4.69) is 22.4 Å². The first kappa shape index (κ1) is 18.7. The summed E-state index contributed by atoms with van der Waals surface area (Å²) < 4.78 is 0. The van der Waals surface area contributed by atoms with E-state index >= 15 is 0 Å². The zero-order chi connectivity index (χ0) is 20.7. The molecule has 4 aromatic rings. The monoisotopic (exact) mass is 398 g/mol. The Labute approximate surface area is 174 Å². The Kier molecular flexibility index (Phi) is 4.69. The number of nitrogens with zero attached hydrogens (tertiary/aromatic N) is 1. The molecule has 5 heteroatoms. The van der Waals surface area contributed by atoms with Crippen LogP contribution in [-0.2, 0) is 0 Å². The largest absolute Gasteiger partial charge is 0.390 e. The number of aliphatic hydroxyl groups is 2. The third kappa shape index (κ3) is 3.22. The van der Waals surface area contributed by atoms with Crippen molar-refractivity contribution < 1.29 is 15.0 Å². The molecule has 1 amide bonds. The molecule has 3 aromatic carbocycles. The molecule has 1 fully saturated rings. The Bertz CT molecular complexity index is 1250. The number of aromatic nitrogens is 1. The molecule has 0 saturated heterocycles. The number of nitrogens with one attached hydrogen (secondary N) is 1. The van der Waals surface area contributed by atoms with Gasteiger partial charge in [0.2, 0.25) is 0 Å². The Hall–Kier alpha value is -3.28. The first-order chi connectivity index (χ1) is 14.6. The summed E-state index contributed by atoms with van der Waals surface area (Å²) in [5, 5.41) is 25.6. The van der Waals surface area contributed by atoms with Gasteiger partial charge in [0, 0.05) is 17.1 Å². The van der Waals surface area contributed by atoms with Gasteiger partial charge in [-0.25, -0.2) is 0 Å². The van der Waals surface area contributed by atoms with Crippen molar-refractivity contribution in [2.24, 2.45) is 0 Å². The molecule has 30 heavy (non-hydrogen) atoms. The molecule has 0 spiro atoms. The highest BCUT2D eigenvalue weighted by Gasteiger charge is 2.34. The highest BCUT2D eigenvalue weighted by Crippen LogP contribution is 2.32. The van der Waals surface area contributed by atoms with Gasteiger partial charge in [0.25, 0.3) is 5.91 Å². The number of fused-ring (bicyclic) bond motifs is 2. The van der Waals surface area contributed by atoms with Gasteiger partial charge in [0.1, 0.15) is 6.10 Å². The smallest absolute Gasteiger partial charge is 0.252 e. The predicted octanol–water partition coefficient (Wildman–Crippen LogP) is 3.67. The lowest BCUT2D eigenvalue weighted by atomic mass is 9.94. The highest BCUT2D eigenvalue weighted by molar-refractivity contribution is 6.10. The molecule has 150 valence electrons. The lowest BCUT2D eigenvalue weighted by molar-refractivity contribution is 0.0297. The van der Waals surface area contributed by atoms with E-state index < -0.39 is 18.2 Å². The third-order valence-electron chi connectivity index (χ3n) is 5.98. The van der Waals surface area contributed by atoms with E-state index in [1.165, 1.54) is 0 Å². The minimum absolute atomic E-state index is 0.237. The average Bonchev–Trinajstić information content (AvgIpc) is 3.10. The molecule has 3 atom stereocenters. The molecular formula is C25H22N2O3. The lowest BCUT2D eigenvalue weighted by Gasteiger charge is -2.19. The fourth-order valence-electron chi connectivity index (χ4n) is 4.37. The van der Waals surface area contributed by atoms with Crippen LogP contribution in [0.5, 0.6) is 0 Å². The summed E-state index contributed by atoms with van der Waals surface area (Å²) in [4.78, 5) is 17.4. The van der Waals surface area contributed by atoms with Gasteiger partial charge in [-0.3, -0.25) is 9.78 Å². The number of pyridine rings is 1. The highest BCUT2D eigenvalue weighted by atomic mass is 16.3. The van der Waals surface area contributed by atoms with Gasteiger partial charge in [0.15, 0.2) is 0 Å². The Balaban J connectivity index is 1.55.